The smallest absolute Gasteiger partial charge is 0.321 e. The molecule has 1 aromatic heterocycles. The second-order valence-corrected chi connectivity index (χ2v) is 5.70. The summed E-state index contributed by atoms with van der Waals surface area (Å²) >= 11 is 0. The van der Waals surface area contributed by atoms with Crippen LogP contribution in [-0.2, 0) is 11.3 Å². The molecule has 1 unspecified atom stereocenters. The van der Waals surface area contributed by atoms with E-state index < -0.39 is 17.9 Å². The minimum Gasteiger partial charge on any atom is -0.490 e. The van der Waals surface area contributed by atoms with E-state index in [1.165, 1.54) is 4.90 Å². The van der Waals surface area contributed by atoms with Crippen molar-refractivity contribution in [3.8, 4) is 5.75 Å². The second-order valence-electron chi connectivity index (χ2n) is 5.70. The topological polar surface area (TPSA) is 96.7 Å². The Morgan fingerprint density at radius 3 is 2.84 bits per heavy atom. The first-order valence-electron chi connectivity index (χ1n) is 7.90. The molecule has 8 nitrogen and oxygen atoms in total. The van der Waals surface area contributed by atoms with E-state index in [1.807, 2.05) is 16.8 Å². The van der Waals surface area contributed by atoms with Gasteiger partial charge in [0.25, 0.3) is 0 Å². The summed E-state index contributed by atoms with van der Waals surface area (Å²) in [6.45, 7) is 2.73. The first kappa shape index (κ1) is 18.3. The predicted molar refractivity (Wildman–Crippen MR) is 92.6 cm³/mol. The Hall–Kier alpha value is -3.03. The molecular weight excluding hydrogens is 324 g/mol. The number of aromatic nitrogens is 2. The van der Waals surface area contributed by atoms with Crippen LogP contribution in [0.1, 0.15) is 6.92 Å². The number of nitrogens with zero attached hydrogens (tertiary/aromatic N) is 3. The average Bonchev–Trinajstić information content (AvgIpc) is 3.09. The van der Waals surface area contributed by atoms with Gasteiger partial charge in [0.15, 0.2) is 0 Å². The number of ether oxygens (including phenoxy) is 1. The van der Waals surface area contributed by atoms with E-state index in [-0.39, 0.29) is 6.54 Å². The summed E-state index contributed by atoms with van der Waals surface area (Å²) in [5.41, 5.74) is 0.535. The van der Waals surface area contributed by atoms with Crippen molar-refractivity contribution >= 4 is 17.7 Å². The zero-order valence-corrected chi connectivity index (χ0v) is 14.3. The first-order valence-corrected chi connectivity index (χ1v) is 7.90. The van der Waals surface area contributed by atoms with Crippen LogP contribution in [0.4, 0.5) is 10.5 Å². The van der Waals surface area contributed by atoms with Crippen molar-refractivity contribution < 1.29 is 19.4 Å². The highest BCUT2D eigenvalue weighted by molar-refractivity contribution is 5.91. The molecule has 2 N–H and O–H groups in total. The maximum atomic E-state index is 12.2. The third kappa shape index (κ3) is 5.52. The number of amides is 2. The van der Waals surface area contributed by atoms with Gasteiger partial charge in [-0.05, 0) is 12.1 Å². The number of carbonyl (C=O) groups is 2. The van der Waals surface area contributed by atoms with Crippen molar-refractivity contribution in [1.82, 2.24) is 14.5 Å². The number of anilines is 1. The number of imidazole rings is 1. The van der Waals surface area contributed by atoms with Crippen LogP contribution in [0.25, 0.3) is 0 Å². The van der Waals surface area contributed by atoms with Crippen LogP contribution in [0.2, 0.25) is 0 Å². The van der Waals surface area contributed by atoms with Crippen LogP contribution in [0, 0.1) is 5.92 Å². The molecule has 0 bridgehead atoms. The zero-order valence-electron chi connectivity index (χ0n) is 14.3. The van der Waals surface area contributed by atoms with Crippen LogP contribution >= 0.6 is 0 Å². The summed E-state index contributed by atoms with van der Waals surface area (Å²) in [5.74, 6) is -1.03. The molecule has 0 aliphatic heterocycles. The van der Waals surface area contributed by atoms with Gasteiger partial charge in [-0.15, -0.1) is 0 Å². The number of carboxylic acids is 1. The fourth-order valence-corrected chi connectivity index (χ4v) is 2.16. The van der Waals surface area contributed by atoms with Gasteiger partial charge in [0.1, 0.15) is 12.4 Å². The van der Waals surface area contributed by atoms with Crippen molar-refractivity contribution in [3.63, 3.8) is 0 Å². The highest BCUT2D eigenvalue weighted by Crippen LogP contribution is 2.24. The van der Waals surface area contributed by atoms with Gasteiger partial charge in [-0.1, -0.05) is 19.1 Å². The van der Waals surface area contributed by atoms with Crippen molar-refractivity contribution in [2.45, 2.75) is 13.5 Å². The summed E-state index contributed by atoms with van der Waals surface area (Å²) in [4.78, 5) is 28.4. The monoisotopic (exact) mass is 346 g/mol. The Balaban J connectivity index is 1.92. The Kier molecular flexibility index (Phi) is 6.39. The van der Waals surface area contributed by atoms with Gasteiger partial charge in [-0.2, -0.15) is 0 Å². The molecule has 1 aromatic carbocycles. The summed E-state index contributed by atoms with van der Waals surface area (Å²) < 4.78 is 7.63. The van der Waals surface area contributed by atoms with Crippen LogP contribution in [0.5, 0.6) is 5.75 Å². The molecule has 1 atom stereocenters. The lowest BCUT2D eigenvalue weighted by molar-refractivity contribution is -0.141. The van der Waals surface area contributed by atoms with Gasteiger partial charge in [-0.3, -0.25) is 4.79 Å². The van der Waals surface area contributed by atoms with Crippen LogP contribution in [-0.4, -0.2) is 51.8 Å². The predicted octanol–water partition coefficient (Wildman–Crippen LogP) is 2.15. The summed E-state index contributed by atoms with van der Waals surface area (Å²) in [6, 6.07) is 6.72. The molecule has 2 aromatic rings. The Labute approximate surface area is 146 Å². The molecule has 2 amide bonds. The Morgan fingerprint density at radius 2 is 2.16 bits per heavy atom. The third-order valence-corrected chi connectivity index (χ3v) is 3.61. The number of hydrogen-bond donors (Lipinski definition) is 2. The molecule has 2 rings (SSSR count). The molecular formula is C17H22N4O4. The first-order chi connectivity index (χ1) is 12.0. The zero-order chi connectivity index (χ0) is 18.2. The lowest BCUT2D eigenvalue weighted by Gasteiger charge is -2.21. The van der Waals surface area contributed by atoms with Crippen molar-refractivity contribution in [2.75, 3.05) is 25.5 Å². The molecule has 0 radical (unpaired) electrons. The Morgan fingerprint density at radius 1 is 1.40 bits per heavy atom. The van der Waals surface area contributed by atoms with E-state index in [2.05, 4.69) is 10.3 Å². The summed E-state index contributed by atoms with van der Waals surface area (Å²) in [7, 11) is 1.55. The van der Waals surface area contributed by atoms with Gasteiger partial charge in [0.05, 0.1) is 24.5 Å². The quantitative estimate of drug-likeness (QED) is 0.763. The van der Waals surface area contributed by atoms with E-state index in [0.29, 0.717) is 24.6 Å². The number of urea groups is 1. The van der Waals surface area contributed by atoms with E-state index in [1.54, 1.807) is 44.7 Å². The number of para-hydroxylation sites is 2. The van der Waals surface area contributed by atoms with Crippen molar-refractivity contribution in [1.29, 1.82) is 0 Å². The maximum absolute atomic E-state index is 12.2. The molecule has 0 aliphatic rings. The highest BCUT2D eigenvalue weighted by atomic mass is 16.5. The molecule has 0 saturated carbocycles. The fourth-order valence-electron chi connectivity index (χ4n) is 2.16. The number of carbonyl (C=O) groups excluding carboxylic acids is 1. The molecule has 0 fully saturated rings. The van der Waals surface area contributed by atoms with E-state index in [4.69, 9.17) is 9.84 Å². The molecule has 25 heavy (non-hydrogen) atoms. The number of rotatable bonds is 8. The van der Waals surface area contributed by atoms with Crippen LogP contribution in [0.3, 0.4) is 0 Å². The van der Waals surface area contributed by atoms with Crippen molar-refractivity contribution in [3.05, 3.63) is 43.0 Å². The largest absolute Gasteiger partial charge is 0.490 e. The van der Waals surface area contributed by atoms with E-state index in [9.17, 15) is 9.59 Å². The molecule has 0 aliphatic carbocycles. The van der Waals surface area contributed by atoms with Crippen LogP contribution in [0.15, 0.2) is 43.0 Å². The highest BCUT2D eigenvalue weighted by Gasteiger charge is 2.18. The number of benzene rings is 1. The molecule has 8 heteroatoms. The normalized spacial score (nSPS) is 11.6. The fraction of sp³-hybridized carbons (Fsp3) is 0.353. The number of carboxylic acid groups (broad SMARTS) is 1. The van der Waals surface area contributed by atoms with Gasteiger partial charge >= 0.3 is 12.0 Å². The van der Waals surface area contributed by atoms with Gasteiger partial charge in [0.2, 0.25) is 0 Å². The maximum Gasteiger partial charge on any atom is 0.321 e. The minimum absolute atomic E-state index is 0.116. The second kappa shape index (κ2) is 8.72. The standard InChI is InChI=1S/C17H22N4O4/c1-13(16(22)23)11-20(2)17(24)19-14-5-3-4-6-15(14)25-10-9-21-8-7-18-12-21/h3-8,12-13H,9-11H2,1-2H3,(H,19,24)(H,22,23). The van der Waals surface area contributed by atoms with Crippen molar-refractivity contribution in [2.24, 2.45) is 5.92 Å². The summed E-state index contributed by atoms with van der Waals surface area (Å²) in [5, 5.41) is 11.7. The SMILES string of the molecule is CC(CN(C)C(=O)Nc1ccccc1OCCn1ccnc1)C(=O)O. The van der Waals surface area contributed by atoms with E-state index in [0.717, 1.165) is 0 Å². The molecule has 1 heterocycles. The van der Waals surface area contributed by atoms with E-state index >= 15 is 0 Å². The number of aliphatic carboxylic acids is 1. The third-order valence-electron chi connectivity index (χ3n) is 3.61. The van der Waals surface area contributed by atoms with Gasteiger partial charge in [-0.25, -0.2) is 9.78 Å². The van der Waals surface area contributed by atoms with Gasteiger partial charge in [0, 0.05) is 26.0 Å². The molecule has 0 spiro atoms. The lowest BCUT2D eigenvalue weighted by atomic mass is 10.2. The lowest BCUT2D eigenvalue weighted by Crippen LogP contribution is -2.36. The average molecular weight is 346 g/mol. The summed E-state index contributed by atoms with van der Waals surface area (Å²) in [6.07, 6.45) is 5.24. The van der Waals surface area contributed by atoms with Gasteiger partial charge < -0.3 is 24.6 Å². The molecule has 0 saturated heterocycles. The van der Waals surface area contributed by atoms with Crippen LogP contribution < -0.4 is 10.1 Å². The molecule has 134 valence electrons. The Bertz CT molecular complexity index is 702. The number of nitrogens with one attached hydrogen (secondary N) is 1. The number of hydrogen-bond acceptors (Lipinski definition) is 4. The minimum atomic E-state index is -0.942.